The van der Waals surface area contributed by atoms with E-state index in [-0.39, 0.29) is 26.3 Å². The Labute approximate surface area is 238 Å². The molecule has 0 radical (unpaired) electrons. The molecule has 0 aliphatic carbocycles. The molecule has 0 aliphatic rings. The summed E-state index contributed by atoms with van der Waals surface area (Å²) < 4.78 is 56.6. The molecule has 0 aliphatic heterocycles. The number of carbonyl (C=O) groups is 1. The van der Waals surface area contributed by atoms with Gasteiger partial charge in [0.1, 0.15) is 4.90 Å². The first-order chi connectivity index (χ1) is 18.7. The maximum Gasteiger partial charge on any atom is 0.264 e. The third kappa shape index (κ3) is 6.76. The van der Waals surface area contributed by atoms with Crippen molar-refractivity contribution in [2.75, 3.05) is 14.8 Å². The zero-order chi connectivity index (χ0) is 29.2. The summed E-state index contributed by atoms with van der Waals surface area (Å²) in [5, 5.41) is 2.58. The highest BCUT2D eigenvalue weighted by molar-refractivity contribution is 7.93. The summed E-state index contributed by atoms with van der Waals surface area (Å²) in [5.41, 5.74) is 3.66. The van der Waals surface area contributed by atoms with Crippen LogP contribution in [-0.2, 0) is 20.0 Å². The van der Waals surface area contributed by atoms with Gasteiger partial charge in [0.05, 0.1) is 15.6 Å². The number of nitrogens with zero attached hydrogens (tertiary/aromatic N) is 2. The van der Waals surface area contributed by atoms with Crippen molar-refractivity contribution >= 4 is 54.9 Å². The van der Waals surface area contributed by atoms with Gasteiger partial charge >= 0.3 is 0 Å². The molecule has 208 valence electrons. The fourth-order valence-corrected chi connectivity index (χ4v) is 6.45. The van der Waals surface area contributed by atoms with Crippen LogP contribution in [0.2, 0.25) is 5.02 Å². The molecule has 1 amide bonds. The number of halogens is 1. The van der Waals surface area contributed by atoms with Crippen molar-refractivity contribution in [3.8, 4) is 0 Å². The number of amides is 1. The molecule has 4 aromatic rings. The van der Waals surface area contributed by atoms with Gasteiger partial charge in [-0.3, -0.25) is 9.52 Å². The maximum absolute atomic E-state index is 13.1. The summed E-state index contributed by atoms with van der Waals surface area (Å²) in [5.74, 6) is -0.660. The summed E-state index contributed by atoms with van der Waals surface area (Å²) in [6.07, 6.45) is 0. The van der Waals surface area contributed by atoms with Crippen molar-refractivity contribution in [3.63, 3.8) is 0 Å². The number of sulfonamides is 2. The predicted octanol–water partition coefficient (Wildman–Crippen LogP) is 5.22. The molecule has 0 bridgehead atoms. The number of rotatable bonds is 8. The van der Waals surface area contributed by atoms with Crippen LogP contribution in [0.4, 0.5) is 17.3 Å². The third-order valence-corrected chi connectivity index (χ3v) is 8.93. The lowest BCUT2D eigenvalue weighted by atomic mass is 10.1. The molecule has 0 unspecified atom stereocenters. The molecule has 0 saturated carbocycles. The van der Waals surface area contributed by atoms with E-state index >= 15 is 0 Å². The fourth-order valence-electron chi connectivity index (χ4n) is 3.85. The van der Waals surface area contributed by atoms with E-state index in [1.165, 1.54) is 42.5 Å². The number of anilines is 3. The molecule has 3 aromatic carbocycles. The van der Waals surface area contributed by atoms with Crippen LogP contribution in [-0.4, -0.2) is 32.7 Å². The second-order valence-corrected chi connectivity index (χ2v) is 12.9. The fraction of sp³-hybridized carbons (Fsp3) is 0.148. The lowest BCUT2D eigenvalue weighted by Crippen LogP contribution is -2.17. The highest BCUT2D eigenvalue weighted by Gasteiger charge is 2.22. The molecule has 0 fully saturated rings. The van der Waals surface area contributed by atoms with Crippen LogP contribution in [0.3, 0.4) is 0 Å². The van der Waals surface area contributed by atoms with Gasteiger partial charge in [0.15, 0.2) is 0 Å². The monoisotopic (exact) mass is 599 g/mol. The Morgan fingerprint density at radius 1 is 0.750 bits per heavy atom. The smallest absolute Gasteiger partial charge is 0.264 e. The van der Waals surface area contributed by atoms with E-state index in [1.54, 1.807) is 39.0 Å². The average Bonchev–Trinajstić information content (AvgIpc) is 2.85. The van der Waals surface area contributed by atoms with E-state index in [0.29, 0.717) is 22.8 Å². The highest BCUT2D eigenvalue weighted by Crippen LogP contribution is 2.27. The van der Waals surface area contributed by atoms with E-state index in [2.05, 4.69) is 24.7 Å². The number of benzene rings is 3. The van der Waals surface area contributed by atoms with Gasteiger partial charge < -0.3 is 5.32 Å². The minimum atomic E-state index is -4.11. The van der Waals surface area contributed by atoms with Crippen LogP contribution >= 0.6 is 11.6 Å². The van der Waals surface area contributed by atoms with Crippen LogP contribution in [0.25, 0.3) is 0 Å². The van der Waals surface area contributed by atoms with Gasteiger partial charge in [-0.15, -0.1) is 0 Å². The predicted molar refractivity (Wildman–Crippen MR) is 155 cm³/mol. The average molecular weight is 600 g/mol. The lowest BCUT2D eigenvalue weighted by Gasteiger charge is -2.13. The number of hydrogen-bond donors (Lipinski definition) is 3. The summed E-state index contributed by atoms with van der Waals surface area (Å²) in [4.78, 5) is 20.8. The van der Waals surface area contributed by atoms with Gasteiger partial charge in [0.2, 0.25) is 5.95 Å². The molecule has 4 rings (SSSR count). The standard InChI is InChI=1S/C27H26ClN5O5S2/c1-16-5-12-24(17(2)13-16)32-40(37,38)25-15-20(6-11-23(25)28)26(34)31-21-7-9-22(10-8-21)39(35,36)33-27-29-18(3)14-19(4)30-27/h5-15,32H,1-4H3,(H,31,34)(H,29,30,33). The van der Waals surface area contributed by atoms with Crippen LogP contribution in [0.15, 0.2) is 76.5 Å². The number of aryl methyl sites for hydroxylation is 4. The normalized spacial score (nSPS) is 11.6. The molecule has 3 N–H and O–H groups in total. The molecule has 1 aromatic heterocycles. The summed E-state index contributed by atoms with van der Waals surface area (Å²) in [6, 6.07) is 16.3. The van der Waals surface area contributed by atoms with Gasteiger partial charge in [-0.1, -0.05) is 29.3 Å². The van der Waals surface area contributed by atoms with E-state index in [4.69, 9.17) is 11.6 Å². The third-order valence-electron chi connectivity index (χ3n) is 5.74. The highest BCUT2D eigenvalue weighted by atomic mass is 35.5. The van der Waals surface area contributed by atoms with Gasteiger partial charge in [0.25, 0.3) is 26.0 Å². The van der Waals surface area contributed by atoms with Crippen LogP contribution in [0, 0.1) is 27.7 Å². The molecule has 0 atom stereocenters. The summed E-state index contributed by atoms with van der Waals surface area (Å²) >= 11 is 6.19. The maximum atomic E-state index is 13.1. The van der Waals surface area contributed by atoms with E-state index in [0.717, 1.165) is 11.1 Å². The number of aromatic nitrogens is 2. The molecule has 0 saturated heterocycles. The Morgan fingerprint density at radius 3 is 2.02 bits per heavy atom. The Morgan fingerprint density at radius 2 is 1.40 bits per heavy atom. The molecule has 0 spiro atoms. The van der Waals surface area contributed by atoms with Gasteiger partial charge in [-0.05, 0) is 87.9 Å². The van der Waals surface area contributed by atoms with Gasteiger partial charge in [-0.25, -0.2) is 31.5 Å². The number of carbonyl (C=O) groups excluding carboxylic acids is 1. The van der Waals surface area contributed by atoms with Crippen LogP contribution in [0.5, 0.6) is 0 Å². The molecular weight excluding hydrogens is 574 g/mol. The number of nitrogens with one attached hydrogen (secondary N) is 3. The minimum absolute atomic E-state index is 0.0377. The molecule has 1 heterocycles. The Kier molecular flexibility index (Phi) is 8.15. The van der Waals surface area contributed by atoms with Crippen molar-refractivity contribution < 1.29 is 21.6 Å². The van der Waals surface area contributed by atoms with Gasteiger partial charge in [-0.2, -0.15) is 0 Å². The topological polar surface area (TPSA) is 147 Å². The molecular formula is C27H26ClN5O5S2. The SMILES string of the molecule is Cc1ccc(NS(=O)(=O)c2cc(C(=O)Nc3ccc(S(=O)(=O)Nc4nc(C)cc(C)n4)cc3)ccc2Cl)c(C)c1. The van der Waals surface area contributed by atoms with Crippen molar-refractivity contribution in [1.29, 1.82) is 0 Å². The van der Waals surface area contributed by atoms with E-state index < -0.39 is 26.0 Å². The number of hydrogen-bond acceptors (Lipinski definition) is 7. The van der Waals surface area contributed by atoms with Crippen molar-refractivity contribution in [1.82, 2.24) is 9.97 Å². The minimum Gasteiger partial charge on any atom is -0.322 e. The molecule has 13 heteroatoms. The second-order valence-electron chi connectivity index (χ2n) is 9.13. The summed E-state index contributed by atoms with van der Waals surface area (Å²) in [6.45, 7) is 7.13. The molecule has 10 nitrogen and oxygen atoms in total. The first-order valence-corrected chi connectivity index (χ1v) is 15.2. The largest absolute Gasteiger partial charge is 0.322 e. The van der Waals surface area contributed by atoms with Crippen LogP contribution in [0.1, 0.15) is 32.9 Å². The van der Waals surface area contributed by atoms with Gasteiger partial charge in [0, 0.05) is 22.6 Å². The lowest BCUT2D eigenvalue weighted by molar-refractivity contribution is 0.102. The van der Waals surface area contributed by atoms with Crippen molar-refractivity contribution in [3.05, 3.63) is 99.8 Å². The zero-order valence-corrected chi connectivity index (χ0v) is 24.4. The first-order valence-electron chi connectivity index (χ1n) is 11.9. The Balaban J connectivity index is 1.51. The Hall–Kier alpha value is -4.00. The quantitative estimate of drug-likeness (QED) is 0.251. The van der Waals surface area contributed by atoms with E-state index in [9.17, 15) is 21.6 Å². The summed E-state index contributed by atoms with van der Waals surface area (Å²) in [7, 11) is -8.09. The zero-order valence-electron chi connectivity index (χ0n) is 22.0. The molecule has 40 heavy (non-hydrogen) atoms. The van der Waals surface area contributed by atoms with Crippen molar-refractivity contribution in [2.24, 2.45) is 0 Å². The Bertz CT molecular complexity index is 1810. The second kappa shape index (κ2) is 11.2. The first kappa shape index (κ1) is 29.0. The van der Waals surface area contributed by atoms with Crippen LogP contribution < -0.4 is 14.8 Å². The van der Waals surface area contributed by atoms with E-state index in [1.807, 2.05) is 13.0 Å². The van der Waals surface area contributed by atoms with Crippen molar-refractivity contribution in [2.45, 2.75) is 37.5 Å².